The van der Waals surface area contributed by atoms with Gasteiger partial charge in [0.25, 0.3) is 0 Å². The van der Waals surface area contributed by atoms with Crippen molar-refractivity contribution in [2.45, 2.75) is 39.7 Å². The molecule has 0 aromatic carbocycles. The summed E-state index contributed by atoms with van der Waals surface area (Å²) >= 11 is 0. The highest BCUT2D eigenvalue weighted by molar-refractivity contribution is 5.20. The zero-order chi connectivity index (χ0) is 12.5. The Hall–Kier alpha value is -0.960. The summed E-state index contributed by atoms with van der Waals surface area (Å²) < 4.78 is 13.2. The molecule has 2 rings (SSSR count). The molecular weight excluding hydrogens is 215 g/mol. The number of nitrogens with zero attached hydrogens (tertiary/aromatic N) is 1. The lowest BCUT2D eigenvalue weighted by atomic mass is 9.98. The number of halogens is 1. The first-order chi connectivity index (χ1) is 8.04. The van der Waals surface area contributed by atoms with E-state index in [2.05, 4.69) is 31.1 Å². The number of aromatic nitrogens is 1. The maximum Gasteiger partial charge on any atom is 0.141 e. The SMILES string of the molecule is CCCNC(c1cncc(F)c1)C1CC1(C)C. The van der Waals surface area contributed by atoms with Crippen LogP contribution in [-0.2, 0) is 0 Å². The van der Waals surface area contributed by atoms with Gasteiger partial charge >= 0.3 is 0 Å². The Balaban J connectivity index is 2.16. The fourth-order valence-corrected chi connectivity index (χ4v) is 2.47. The van der Waals surface area contributed by atoms with Crippen LogP contribution in [0.4, 0.5) is 4.39 Å². The van der Waals surface area contributed by atoms with Crippen molar-refractivity contribution in [1.29, 1.82) is 0 Å². The predicted molar refractivity (Wildman–Crippen MR) is 67.1 cm³/mol. The van der Waals surface area contributed by atoms with Gasteiger partial charge < -0.3 is 5.32 Å². The maximum atomic E-state index is 13.2. The van der Waals surface area contributed by atoms with Crippen LogP contribution in [0.2, 0.25) is 0 Å². The van der Waals surface area contributed by atoms with E-state index >= 15 is 0 Å². The van der Waals surface area contributed by atoms with Gasteiger partial charge in [0.1, 0.15) is 5.82 Å². The van der Waals surface area contributed by atoms with Crippen LogP contribution in [0.3, 0.4) is 0 Å². The molecule has 17 heavy (non-hydrogen) atoms. The highest BCUT2D eigenvalue weighted by Crippen LogP contribution is 2.57. The molecular formula is C14H21FN2. The van der Waals surface area contributed by atoms with Gasteiger partial charge in [0.2, 0.25) is 0 Å². The van der Waals surface area contributed by atoms with Crippen molar-refractivity contribution in [3.63, 3.8) is 0 Å². The third-order valence-electron chi connectivity index (χ3n) is 3.69. The fourth-order valence-electron chi connectivity index (χ4n) is 2.47. The zero-order valence-corrected chi connectivity index (χ0v) is 10.8. The van der Waals surface area contributed by atoms with Crippen LogP contribution < -0.4 is 5.32 Å². The number of pyridine rings is 1. The van der Waals surface area contributed by atoms with Crippen LogP contribution in [0.25, 0.3) is 0 Å². The number of hydrogen-bond donors (Lipinski definition) is 1. The molecule has 1 N–H and O–H groups in total. The van der Waals surface area contributed by atoms with E-state index in [9.17, 15) is 4.39 Å². The molecule has 2 nitrogen and oxygen atoms in total. The second kappa shape index (κ2) is 4.73. The van der Waals surface area contributed by atoms with Gasteiger partial charge in [-0.2, -0.15) is 0 Å². The summed E-state index contributed by atoms with van der Waals surface area (Å²) in [6.45, 7) is 7.65. The van der Waals surface area contributed by atoms with Crippen molar-refractivity contribution in [3.05, 3.63) is 29.8 Å². The third kappa shape index (κ3) is 2.83. The summed E-state index contributed by atoms with van der Waals surface area (Å²) in [4.78, 5) is 3.96. The molecule has 1 aliphatic rings. The molecule has 0 spiro atoms. The van der Waals surface area contributed by atoms with E-state index in [1.807, 2.05) is 0 Å². The number of nitrogens with one attached hydrogen (secondary N) is 1. The van der Waals surface area contributed by atoms with E-state index in [1.54, 1.807) is 12.3 Å². The van der Waals surface area contributed by atoms with Crippen LogP contribution in [-0.4, -0.2) is 11.5 Å². The quantitative estimate of drug-likeness (QED) is 0.848. The van der Waals surface area contributed by atoms with E-state index in [1.165, 1.54) is 12.6 Å². The second-order valence-corrected chi connectivity index (χ2v) is 5.67. The van der Waals surface area contributed by atoms with E-state index < -0.39 is 0 Å². The van der Waals surface area contributed by atoms with Gasteiger partial charge in [-0.05, 0) is 42.3 Å². The van der Waals surface area contributed by atoms with Gasteiger partial charge in [-0.3, -0.25) is 4.98 Å². The lowest BCUT2D eigenvalue weighted by molar-refractivity contribution is 0.413. The van der Waals surface area contributed by atoms with Crippen molar-refractivity contribution < 1.29 is 4.39 Å². The molecule has 1 fully saturated rings. The standard InChI is InChI=1S/C14H21FN2/c1-4-5-17-13(12-7-14(12,2)3)10-6-11(15)9-16-8-10/h6,8-9,12-13,17H,4-5,7H2,1-3H3. The monoisotopic (exact) mass is 236 g/mol. The molecule has 94 valence electrons. The molecule has 0 saturated heterocycles. The first-order valence-electron chi connectivity index (χ1n) is 6.38. The highest BCUT2D eigenvalue weighted by Gasteiger charge is 2.50. The van der Waals surface area contributed by atoms with Gasteiger partial charge in [0, 0.05) is 12.2 Å². The van der Waals surface area contributed by atoms with Crippen molar-refractivity contribution in [2.75, 3.05) is 6.54 Å². The molecule has 1 aromatic heterocycles. The summed E-state index contributed by atoms with van der Waals surface area (Å²) in [5.74, 6) is 0.349. The van der Waals surface area contributed by atoms with Crippen molar-refractivity contribution in [2.24, 2.45) is 11.3 Å². The van der Waals surface area contributed by atoms with Crippen molar-refractivity contribution in [1.82, 2.24) is 10.3 Å². The fraction of sp³-hybridized carbons (Fsp3) is 0.643. The minimum absolute atomic E-state index is 0.244. The maximum absolute atomic E-state index is 13.2. The Morgan fingerprint density at radius 1 is 1.53 bits per heavy atom. The van der Waals surface area contributed by atoms with E-state index in [0.29, 0.717) is 11.3 Å². The molecule has 2 atom stereocenters. The minimum Gasteiger partial charge on any atom is -0.310 e. The minimum atomic E-state index is -0.246. The van der Waals surface area contributed by atoms with Crippen molar-refractivity contribution in [3.8, 4) is 0 Å². The van der Waals surface area contributed by atoms with E-state index in [4.69, 9.17) is 0 Å². The molecule has 1 aromatic rings. The molecule has 2 unspecified atom stereocenters. The molecule has 0 bridgehead atoms. The first-order valence-corrected chi connectivity index (χ1v) is 6.38. The highest BCUT2D eigenvalue weighted by atomic mass is 19.1. The van der Waals surface area contributed by atoms with Gasteiger partial charge in [-0.1, -0.05) is 20.8 Å². The van der Waals surface area contributed by atoms with E-state index in [0.717, 1.165) is 18.5 Å². The molecule has 0 aliphatic heterocycles. The summed E-state index contributed by atoms with van der Waals surface area (Å²) in [6, 6.07) is 1.85. The zero-order valence-electron chi connectivity index (χ0n) is 10.8. The Morgan fingerprint density at radius 2 is 2.24 bits per heavy atom. The summed E-state index contributed by atoms with van der Waals surface area (Å²) in [5, 5.41) is 3.52. The average Bonchev–Trinajstić information content (AvgIpc) is 2.88. The van der Waals surface area contributed by atoms with Gasteiger partial charge in [-0.25, -0.2) is 4.39 Å². The summed E-state index contributed by atoms with van der Waals surface area (Å²) in [7, 11) is 0. The van der Waals surface area contributed by atoms with Gasteiger partial charge in [0.05, 0.1) is 6.20 Å². The average molecular weight is 236 g/mol. The predicted octanol–water partition coefficient (Wildman–Crippen LogP) is 3.31. The Kier molecular flexibility index (Phi) is 3.48. The van der Waals surface area contributed by atoms with Crippen LogP contribution in [0, 0.1) is 17.2 Å². The largest absolute Gasteiger partial charge is 0.310 e. The van der Waals surface area contributed by atoms with Gasteiger partial charge in [0.15, 0.2) is 0 Å². The molecule has 0 radical (unpaired) electrons. The Labute approximate surface area is 103 Å². The van der Waals surface area contributed by atoms with Crippen LogP contribution in [0.5, 0.6) is 0 Å². The molecule has 0 amide bonds. The summed E-state index contributed by atoms with van der Waals surface area (Å²) in [6.07, 6.45) is 5.33. The second-order valence-electron chi connectivity index (χ2n) is 5.67. The Morgan fingerprint density at radius 3 is 2.76 bits per heavy atom. The van der Waals surface area contributed by atoms with E-state index in [-0.39, 0.29) is 11.9 Å². The number of rotatable bonds is 5. The molecule has 1 saturated carbocycles. The summed E-state index contributed by atoms with van der Waals surface area (Å²) in [5.41, 5.74) is 1.35. The lowest BCUT2D eigenvalue weighted by Crippen LogP contribution is -2.25. The Bertz CT molecular complexity index is 390. The molecule has 3 heteroatoms. The lowest BCUT2D eigenvalue weighted by Gasteiger charge is -2.20. The molecule has 1 aliphatic carbocycles. The smallest absolute Gasteiger partial charge is 0.141 e. The topological polar surface area (TPSA) is 24.9 Å². The van der Waals surface area contributed by atoms with Crippen LogP contribution in [0.15, 0.2) is 18.5 Å². The van der Waals surface area contributed by atoms with Crippen molar-refractivity contribution >= 4 is 0 Å². The normalized spacial score (nSPS) is 23.4. The number of hydrogen-bond acceptors (Lipinski definition) is 2. The van der Waals surface area contributed by atoms with Gasteiger partial charge in [-0.15, -0.1) is 0 Å². The molecule has 1 heterocycles. The van der Waals surface area contributed by atoms with Crippen LogP contribution in [0.1, 0.15) is 45.2 Å². The van der Waals surface area contributed by atoms with Crippen LogP contribution >= 0.6 is 0 Å². The first kappa shape index (κ1) is 12.5. The third-order valence-corrected chi connectivity index (χ3v) is 3.69.